The maximum Gasteiger partial charge on any atom is 0.511 e. The number of hydrogen-bond donors (Lipinski definition) is 2. The summed E-state index contributed by atoms with van der Waals surface area (Å²) < 4.78 is 87.9. The van der Waals surface area contributed by atoms with Crippen LogP contribution >= 0.6 is 0 Å². The molecule has 2 aromatic carbocycles. The number of phenols is 1. The van der Waals surface area contributed by atoms with E-state index in [1.54, 1.807) is 0 Å². The molecule has 2 N–H and O–H groups in total. The number of halogens is 6. The number of carbonyl (C=O) groups is 1. The second kappa shape index (κ2) is 6.43. The normalized spacial score (nSPS) is 11.5. The Morgan fingerprint density at radius 3 is 1.85 bits per heavy atom. The predicted octanol–water partition coefficient (Wildman–Crippen LogP) is 4.61. The third kappa shape index (κ3) is 2.91. The first-order valence-electron chi connectivity index (χ1n) is 6.85. The van der Waals surface area contributed by atoms with E-state index in [4.69, 9.17) is 10.2 Å². The number of aromatic hydroxyl groups is 1. The lowest BCUT2D eigenvalue weighted by Gasteiger charge is -2.28. The molecular weight excluding hydrogens is 370 g/mol. The van der Waals surface area contributed by atoms with Gasteiger partial charge in [-0.15, -0.1) is 0 Å². The van der Waals surface area contributed by atoms with Crippen LogP contribution in [0.5, 0.6) is 11.5 Å². The molecule has 0 bridgehead atoms. The van der Waals surface area contributed by atoms with E-state index in [0.29, 0.717) is 6.07 Å². The summed E-state index contributed by atoms with van der Waals surface area (Å²) in [5, 5.41) is 17.5. The molecule has 140 valence electrons. The van der Waals surface area contributed by atoms with E-state index in [1.165, 1.54) is 0 Å². The summed E-state index contributed by atoms with van der Waals surface area (Å²) in [4.78, 5) is 10.4. The van der Waals surface area contributed by atoms with Gasteiger partial charge < -0.3 is 14.9 Å². The van der Waals surface area contributed by atoms with Gasteiger partial charge in [0.1, 0.15) is 0 Å². The van der Waals surface area contributed by atoms with Gasteiger partial charge >= 0.3 is 6.16 Å². The van der Waals surface area contributed by atoms with Crippen LogP contribution in [-0.2, 0) is 5.41 Å². The molecule has 0 spiro atoms. The van der Waals surface area contributed by atoms with Crippen LogP contribution in [0.2, 0.25) is 0 Å². The fraction of sp³-hybridized carbons (Fsp3) is 0.188. The van der Waals surface area contributed by atoms with E-state index in [9.17, 15) is 31.1 Å². The van der Waals surface area contributed by atoms with Crippen molar-refractivity contribution in [2.45, 2.75) is 19.3 Å². The highest BCUT2D eigenvalue weighted by atomic mass is 19.2. The third-order valence-electron chi connectivity index (χ3n) is 3.77. The third-order valence-corrected chi connectivity index (χ3v) is 3.77. The van der Waals surface area contributed by atoms with Gasteiger partial charge in [0.05, 0.1) is 0 Å². The topological polar surface area (TPSA) is 66.8 Å². The van der Waals surface area contributed by atoms with Crippen molar-refractivity contribution in [3.05, 3.63) is 58.2 Å². The molecule has 2 rings (SSSR count). The lowest BCUT2D eigenvalue weighted by atomic mass is 9.77. The summed E-state index contributed by atoms with van der Waals surface area (Å²) in [5.74, 6) is -14.7. The fourth-order valence-corrected chi connectivity index (χ4v) is 2.49. The molecular formula is C16H10F6O4. The molecule has 0 unspecified atom stereocenters. The maximum absolute atomic E-state index is 14.3. The summed E-state index contributed by atoms with van der Waals surface area (Å²) in [7, 11) is 0. The number of phenolic OH excluding ortho intramolecular Hbond substituents is 1. The molecule has 0 fully saturated rings. The van der Waals surface area contributed by atoms with Crippen LogP contribution in [0.25, 0.3) is 0 Å². The standard InChI is InChI=1S/C16H10F6O4/c1-16(2,5-3-4-6(23)9(18)8(5)17)7-10(19)12(21)14(26-15(24)25)13(22)11(7)20/h3-4,23H,1-2H3,(H,24,25). The molecule has 0 aliphatic rings. The van der Waals surface area contributed by atoms with Crippen molar-refractivity contribution in [1.29, 1.82) is 0 Å². The molecule has 0 heterocycles. The Morgan fingerprint density at radius 2 is 1.38 bits per heavy atom. The Balaban J connectivity index is 2.79. The summed E-state index contributed by atoms with van der Waals surface area (Å²) in [5.41, 5.74) is -4.19. The molecule has 0 saturated heterocycles. The smallest absolute Gasteiger partial charge is 0.505 e. The average Bonchev–Trinajstić information content (AvgIpc) is 2.54. The van der Waals surface area contributed by atoms with Gasteiger partial charge in [-0.2, -0.15) is 13.2 Å². The summed E-state index contributed by atoms with van der Waals surface area (Å²) >= 11 is 0. The van der Waals surface area contributed by atoms with Gasteiger partial charge in [-0.05, 0) is 6.07 Å². The lowest BCUT2D eigenvalue weighted by molar-refractivity contribution is 0.139. The number of benzene rings is 2. The number of hydrogen-bond acceptors (Lipinski definition) is 3. The Bertz CT molecular complexity index is 881. The molecule has 4 nitrogen and oxygen atoms in total. The van der Waals surface area contributed by atoms with Crippen molar-refractivity contribution >= 4 is 6.16 Å². The van der Waals surface area contributed by atoms with Crippen molar-refractivity contribution in [3.8, 4) is 11.5 Å². The molecule has 26 heavy (non-hydrogen) atoms. The SMILES string of the molecule is CC(C)(c1ccc(O)c(F)c1F)c1c(F)c(F)c(OC(=O)O)c(F)c1F. The molecule has 0 amide bonds. The van der Waals surface area contributed by atoms with E-state index in [-0.39, 0.29) is 0 Å². The minimum atomic E-state index is -2.22. The fourth-order valence-electron chi connectivity index (χ4n) is 2.49. The molecule has 0 saturated carbocycles. The van der Waals surface area contributed by atoms with Crippen LogP contribution in [0.1, 0.15) is 25.0 Å². The zero-order chi connectivity index (χ0) is 20.0. The monoisotopic (exact) mass is 380 g/mol. The summed E-state index contributed by atoms with van der Waals surface area (Å²) in [6.07, 6.45) is -2.22. The van der Waals surface area contributed by atoms with Crippen LogP contribution in [0, 0.1) is 34.9 Å². The van der Waals surface area contributed by atoms with Gasteiger partial charge in [-0.25, -0.2) is 18.0 Å². The quantitative estimate of drug-likeness (QED) is 0.353. The zero-order valence-electron chi connectivity index (χ0n) is 13.1. The maximum atomic E-state index is 14.3. The first kappa shape index (κ1) is 19.4. The van der Waals surface area contributed by atoms with Gasteiger partial charge in [-0.1, -0.05) is 19.9 Å². The van der Waals surface area contributed by atoms with Crippen LogP contribution in [0.15, 0.2) is 12.1 Å². The highest BCUT2D eigenvalue weighted by Gasteiger charge is 2.39. The molecule has 2 aromatic rings. The highest BCUT2D eigenvalue weighted by Crippen LogP contribution is 2.41. The predicted molar refractivity (Wildman–Crippen MR) is 75.1 cm³/mol. The lowest BCUT2D eigenvalue weighted by Crippen LogP contribution is -2.26. The Labute approximate surface area is 142 Å². The van der Waals surface area contributed by atoms with E-state index < -0.39 is 69.1 Å². The molecule has 0 aromatic heterocycles. The van der Waals surface area contributed by atoms with E-state index in [2.05, 4.69) is 4.74 Å². The van der Waals surface area contributed by atoms with E-state index in [1.807, 2.05) is 0 Å². The van der Waals surface area contributed by atoms with E-state index in [0.717, 1.165) is 19.9 Å². The molecule has 0 atom stereocenters. The first-order chi connectivity index (χ1) is 11.9. The first-order valence-corrected chi connectivity index (χ1v) is 6.85. The van der Waals surface area contributed by atoms with Gasteiger partial charge in [0.2, 0.25) is 23.2 Å². The van der Waals surface area contributed by atoms with Crippen molar-refractivity contribution in [2.24, 2.45) is 0 Å². The minimum Gasteiger partial charge on any atom is -0.505 e. The molecule has 10 heteroatoms. The minimum absolute atomic E-state index is 0.694. The second-order valence-corrected chi connectivity index (χ2v) is 5.71. The van der Waals surface area contributed by atoms with Gasteiger partial charge in [0, 0.05) is 16.5 Å². The van der Waals surface area contributed by atoms with Crippen LogP contribution in [-0.4, -0.2) is 16.4 Å². The largest absolute Gasteiger partial charge is 0.511 e. The molecule has 0 aliphatic carbocycles. The summed E-state index contributed by atoms with van der Waals surface area (Å²) in [6, 6.07) is 1.48. The van der Waals surface area contributed by atoms with Crippen molar-refractivity contribution in [3.63, 3.8) is 0 Å². The zero-order valence-corrected chi connectivity index (χ0v) is 13.1. The van der Waals surface area contributed by atoms with Crippen LogP contribution < -0.4 is 4.74 Å². The number of ether oxygens (including phenoxy) is 1. The van der Waals surface area contributed by atoms with Gasteiger partial charge in [0.25, 0.3) is 0 Å². The van der Waals surface area contributed by atoms with Crippen LogP contribution in [0.3, 0.4) is 0 Å². The molecule has 0 radical (unpaired) electrons. The van der Waals surface area contributed by atoms with E-state index >= 15 is 0 Å². The van der Waals surface area contributed by atoms with Gasteiger partial charge in [-0.3, -0.25) is 0 Å². The Hall–Kier alpha value is -2.91. The highest BCUT2D eigenvalue weighted by molar-refractivity contribution is 5.62. The Kier molecular flexibility index (Phi) is 4.80. The molecule has 0 aliphatic heterocycles. The van der Waals surface area contributed by atoms with Gasteiger partial charge in [0.15, 0.2) is 23.2 Å². The second-order valence-electron chi connectivity index (χ2n) is 5.71. The Morgan fingerprint density at radius 1 is 0.885 bits per heavy atom. The number of carboxylic acid groups (broad SMARTS) is 1. The van der Waals surface area contributed by atoms with Crippen LogP contribution in [0.4, 0.5) is 31.1 Å². The van der Waals surface area contributed by atoms with Crippen molar-refractivity contribution in [2.75, 3.05) is 0 Å². The van der Waals surface area contributed by atoms with Crippen molar-refractivity contribution in [1.82, 2.24) is 0 Å². The van der Waals surface area contributed by atoms with Crippen molar-refractivity contribution < 1.29 is 46.1 Å². The summed E-state index contributed by atoms with van der Waals surface area (Å²) in [6.45, 7) is 1.89. The number of rotatable bonds is 3. The average molecular weight is 380 g/mol.